The molecule has 0 aliphatic heterocycles. The van der Waals surface area contributed by atoms with Gasteiger partial charge in [-0.2, -0.15) is 0 Å². The summed E-state index contributed by atoms with van der Waals surface area (Å²) in [7, 11) is 0. The quantitative estimate of drug-likeness (QED) is 0.541. The van der Waals surface area contributed by atoms with Crippen LogP contribution in [-0.4, -0.2) is 40.2 Å². The summed E-state index contributed by atoms with van der Waals surface area (Å²) in [5.41, 5.74) is -2.42. The minimum Gasteiger partial charge on any atom is -0.478 e. The summed E-state index contributed by atoms with van der Waals surface area (Å²) in [4.78, 5) is 20.3. The molecule has 7 nitrogen and oxygen atoms in total. The molecule has 3 N–H and O–H groups in total. The molecule has 1 rings (SSSR count). The highest BCUT2D eigenvalue weighted by Gasteiger charge is 2.29. The topological polar surface area (TPSA) is 113 Å². The standard InChI is InChI=1S/C10H9F3N2O5/c11-6-2-7(14-3-10(12,13)4-16)8(15(19)20)1-5(6)9(17)18/h1-2,14,16H,3-4H2,(H,17,18). The van der Waals surface area contributed by atoms with E-state index >= 15 is 0 Å². The van der Waals surface area contributed by atoms with Crippen LogP contribution >= 0.6 is 0 Å². The molecule has 0 aromatic heterocycles. The lowest BCUT2D eigenvalue weighted by Crippen LogP contribution is -2.31. The third kappa shape index (κ3) is 3.57. The third-order valence-electron chi connectivity index (χ3n) is 2.28. The summed E-state index contributed by atoms with van der Waals surface area (Å²) in [5.74, 6) is -6.59. The number of carbonyl (C=O) groups is 1. The second-order valence-electron chi connectivity index (χ2n) is 3.78. The summed E-state index contributed by atoms with van der Waals surface area (Å²) < 4.78 is 39.0. The lowest BCUT2D eigenvalue weighted by atomic mass is 10.1. The Balaban J connectivity index is 3.16. The molecule has 0 heterocycles. The molecular formula is C10H9F3N2O5. The monoisotopic (exact) mass is 294 g/mol. The average molecular weight is 294 g/mol. The first-order chi connectivity index (χ1) is 9.18. The number of rotatable bonds is 6. The van der Waals surface area contributed by atoms with E-state index in [2.05, 4.69) is 0 Å². The minimum absolute atomic E-state index is 0.428. The number of benzene rings is 1. The number of hydrogen-bond acceptors (Lipinski definition) is 5. The van der Waals surface area contributed by atoms with Gasteiger partial charge in [0.2, 0.25) is 0 Å². The van der Waals surface area contributed by atoms with Crippen molar-refractivity contribution in [3.8, 4) is 0 Å². The summed E-state index contributed by atoms with van der Waals surface area (Å²) in [5, 5.41) is 29.6. The lowest BCUT2D eigenvalue weighted by Gasteiger charge is -2.15. The fraction of sp³-hybridized carbons (Fsp3) is 0.300. The first-order valence-corrected chi connectivity index (χ1v) is 5.12. The summed E-state index contributed by atoms with van der Waals surface area (Å²) >= 11 is 0. The number of nitrogens with zero attached hydrogens (tertiary/aromatic N) is 1. The van der Waals surface area contributed by atoms with Gasteiger partial charge in [-0.1, -0.05) is 0 Å². The number of nitrogens with one attached hydrogen (secondary N) is 1. The Kier molecular flexibility index (Phi) is 4.50. The van der Waals surface area contributed by atoms with Gasteiger partial charge in [-0.05, 0) is 0 Å². The molecule has 110 valence electrons. The first-order valence-electron chi connectivity index (χ1n) is 5.12. The molecule has 20 heavy (non-hydrogen) atoms. The zero-order valence-corrected chi connectivity index (χ0v) is 9.77. The molecule has 0 unspecified atom stereocenters. The number of nitro groups is 1. The van der Waals surface area contributed by atoms with Crippen LogP contribution in [0.15, 0.2) is 12.1 Å². The summed E-state index contributed by atoms with van der Waals surface area (Å²) in [6.07, 6.45) is 0. The maximum atomic E-state index is 13.4. The molecule has 1 aromatic rings. The van der Waals surface area contributed by atoms with Gasteiger partial charge in [-0.25, -0.2) is 18.0 Å². The van der Waals surface area contributed by atoms with Crippen LogP contribution in [0.1, 0.15) is 10.4 Å². The molecule has 0 saturated heterocycles. The summed E-state index contributed by atoms with van der Waals surface area (Å²) in [6, 6.07) is 0.867. The van der Waals surface area contributed by atoms with Crippen molar-refractivity contribution in [2.45, 2.75) is 5.92 Å². The fourth-order valence-corrected chi connectivity index (χ4v) is 1.30. The van der Waals surface area contributed by atoms with Crippen LogP contribution in [0, 0.1) is 15.9 Å². The Morgan fingerprint density at radius 1 is 1.45 bits per heavy atom. The van der Waals surface area contributed by atoms with E-state index in [1.807, 2.05) is 5.32 Å². The number of aliphatic hydroxyl groups excluding tert-OH is 1. The highest BCUT2D eigenvalue weighted by Crippen LogP contribution is 2.28. The van der Waals surface area contributed by atoms with Crippen molar-refractivity contribution in [1.29, 1.82) is 0 Å². The molecular weight excluding hydrogens is 285 g/mol. The molecule has 0 bridgehead atoms. The van der Waals surface area contributed by atoms with E-state index in [1.54, 1.807) is 0 Å². The van der Waals surface area contributed by atoms with Crippen LogP contribution in [0.4, 0.5) is 24.5 Å². The van der Waals surface area contributed by atoms with E-state index < -0.39 is 52.7 Å². The number of halogens is 3. The minimum atomic E-state index is -3.56. The zero-order chi connectivity index (χ0) is 15.5. The van der Waals surface area contributed by atoms with Gasteiger partial charge in [0.15, 0.2) is 0 Å². The number of hydrogen-bond donors (Lipinski definition) is 3. The van der Waals surface area contributed by atoms with Gasteiger partial charge in [-0.3, -0.25) is 10.1 Å². The second kappa shape index (κ2) is 5.74. The largest absolute Gasteiger partial charge is 0.478 e. The molecule has 0 fully saturated rings. The molecule has 0 saturated carbocycles. The lowest BCUT2D eigenvalue weighted by molar-refractivity contribution is -0.384. The van der Waals surface area contributed by atoms with Crippen LogP contribution in [0.2, 0.25) is 0 Å². The number of carboxylic acids is 1. The second-order valence-corrected chi connectivity index (χ2v) is 3.78. The number of carboxylic acid groups (broad SMARTS) is 1. The van der Waals surface area contributed by atoms with E-state index in [9.17, 15) is 28.1 Å². The van der Waals surface area contributed by atoms with Crippen molar-refractivity contribution >= 4 is 17.3 Å². The van der Waals surface area contributed by atoms with Gasteiger partial charge >= 0.3 is 5.97 Å². The van der Waals surface area contributed by atoms with Crippen molar-refractivity contribution in [1.82, 2.24) is 0 Å². The predicted octanol–water partition coefficient (Wildman–Crippen LogP) is 1.47. The van der Waals surface area contributed by atoms with Gasteiger partial charge in [0.05, 0.1) is 11.5 Å². The number of anilines is 1. The third-order valence-corrected chi connectivity index (χ3v) is 2.28. The van der Waals surface area contributed by atoms with Crippen molar-refractivity contribution in [3.63, 3.8) is 0 Å². The predicted molar refractivity (Wildman–Crippen MR) is 60.5 cm³/mol. The van der Waals surface area contributed by atoms with Gasteiger partial charge in [0.25, 0.3) is 11.6 Å². The Morgan fingerprint density at radius 2 is 2.05 bits per heavy atom. The molecule has 0 spiro atoms. The number of nitro benzene ring substituents is 1. The zero-order valence-electron chi connectivity index (χ0n) is 9.77. The first kappa shape index (κ1) is 15.7. The Morgan fingerprint density at radius 3 is 2.50 bits per heavy atom. The molecule has 0 aliphatic rings. The number of aliphatic hydroxyl groups is 1. The fourth-order valence-electron chi connectivity index (χ4n) is 1.30. The van der Waals surface area contributed by atoms with Gasteiger partial charge in [-0.15, -0.1) is 0 Å². The van der Waals surface area contributed by atoms with Crippen LogP contribution in [0.5, 0.6) is 0 Å². The van der Waals surface area contributed by atoms with Crippen LogP contribution < -0.4 is 5.32 Å². The molecule has 1 aromatic carbocycles. The van der Waals surface area contributed by atoms with E-state index in [1.165, 1.54) is 0 Å². The molecule has 0 radical (unpaired) electrons. The Bertz CT molecular complexity index is 550. The molecule has 10 heteroatoms. The maximum absolute atomic E-state index is 13.4. The number of alkyl halides is 2. The molecule has 0 aliphatic carbocycles. The highest BCUT2D eigenvalue weighted by atomic mass is 19.3. The molecule has 0 atom stereocenters. The van der Waals surface area contributed by atoms with Crippen molar-refractivity contribution < 1.29 is 33.1 Å². The van der Waals surface area contributed by atoms with E-state index in [0.717, 1.165) is 0 Å². The Labute approximate surface area is 109 Å². The van der Waals surface area contributed by atoms with Crippen LogP contribution in [-0.2, 0) is 0 Å². The summed E-state index contributed by atoms with van der Waals surface area (Å²) in [6.45, 7) is -2.67. The van der Waals surface area contributed by atoms with Crippen molar-refractivity contribution in [2.24, 2.45) is 0 Å². The number of aromatic carboxylic acids is 1. The SMILES string of the molecule is O=C(O)c1cc([N+](=O)[O-])c(NCC(F)(F)CO)cc1F. The van der Waals surface area contributed by atoms with E-state index in [-0.39, 0.29) is 0 Å². The molecule has 0 amide bonds. The van der Waals surface area contributed by atoms with Crippen molar-refractivity contribution in [3.05, 3.63) is 33.6 Å². The normalized spacial score (nSPS) is 11.2. The van der Waals surface area contributed by atoms with Crippen molar-refractivity contribution in [2.75, 3.05) is 18.5 Å². The van der Waals surface area contributed by atoms with E-state index in [0.29, 0.717) is 12.1 Å². The van der Waals surface area contributed by atoms with Gasteiger partial charge in [0.1, 0.15) is 23.7 Å². The average Bonchev–Trinajstić information content (AvgIpc) is 2.35. The van der Waals surface area contributed by atoms with Crippen LogP contribution in [0.3, 0.4) is 0 Å². The Hall–Kier alpha value is -2.36. The van der Waals surface area contributed by atoms with Crippen LogP contribution in [0.25, 0.3) is 0 Å². The smallest absolute Gasteiger partial charge is 0.338 e. The van der Waals surface area contributed by atoms with Gasteiger partial charge in [0, 0.05) is 12.1 Å². The van der Waals surface area contributed by atoms with E-state index in [4.69, 9.17) is 10.2 Å². The maximum Gasteiger partial charge on any atom is 0.338 e. The van der Waals surface area contributed by atoms with Gasteiger partial charge < -0.3 is 15.5 Å². The highest BCUT2D eigenvalue weighted by molar-refractivity contribution is 5.90.